The number of amides is 2. The lowest BCUT2D eigenvalue weighted by atomic mass is 10.0. The minimum Gasteiger partial charge on any atom is -0.349 e. The third kappa shape index (κ3) is 2.93. The number of aromatic nitrogens is 1. The number of nitrogens with zero attached hydrogens (tertiary/aromatic N) is 2. The first-order valence-corrected chi connectivity index (χ1v) is 5.19. The lowest BCUT2D eigenvalue weighted by Crippen LogP contribution is -2.28. The molecule has 1 rings (SSSR count). The Morgan fingerprint density at radius 2 is 1.94 bits per heavy atom. The van der Waals surface area contributed by atoms with Crippen LogP contribution in [0.1, 0.15) is 31.1 Å². The highest BCUT2D eigenvalue weighted by Crippen LogP contribution is 2.38. The van der Waals surface area contributed by atoms with E-state index in [1.807, 2.05) is 0 Å². The second-order valence-corrected chi connectivity index (χ2v) is 4.25. The van der Waals surface area contributed by atoms with E-state index in [9.17, 15) is 18.0 Å². The Hall–Kier alpha value is -1.73. The third-order valence-corrected chi connectivity index (χ3v) is 2.19. The van der Waals surface area contributed by atoms with E-state index in [1.165, 1.54) is 19.0 Å². The zero-order chi connectivity index (χ0) is 14.1. The van der Waals surface area contributed by atoms with Gasteiger partial charge in [-0.2, -0.15) is 13.2 Å². The molecule has 8 heteroatoms. The first kappa shape index (κ1) is 14.3. The van der Waals surface area contributed by atoms with Crippen LogP contribution in [0.25, 0.3) is 0 Å². The molecule has 1 aromatic rings. The molecule has 1 N–H and O–H groups in total. The number of urea groups is 1. The number of carbonyl (C=O) groups excluding carboxylic acids is 1. The number of rotatable bonds is 2. The molecule has 0 atom stereocenters. The molecule has 0 saturated heterocycles. The molecule has 2 amide bonds. The maximum atomic E-state index is 12.7. The van der Waals surface area contributed by atoms with Crippen LogP contribution in [0.4, 0.5) is 23.8 Å². The molecule has 1 aromatic heterocycles. The van der Waals surface area contributed by atoms with Crippen molar-refractivity contribution in [1.82, 2.24) is 10.1 Å². The molecule has 0 unspecified atom stereocenters. The fraction of sp³-hybridized carbons (Fsp3) is 0.600. The zero-order valence-corrected chi connectivity index (χ0v) is 10.4. The molecule has 102 valence electrons. The van der Waals surface area contributed by atoms with Gasteiger partial charge in [0, 0.05) is 14.1 Å². The van der Waals surface area contributed by atoms with Crippen molar-refractivity contribution in [3.05, 3.63) is 11.3 Å². The summed E-state index contributed by atoms with van der Waals surface area (Å²) in [5.41, 5.74) is -0.155. The van der Waals surface area contributed by atoms with Gasteiger partial charge >= 0.3 is 12.2 Å². The summed E-state index contributed by atoms with van der Waals surface area (Å²) in [6, 6.07) is -0.570. The molecule has 0 aliphatic carbocycles. The Bertz CT molecular complexity index is 438. The van der Waals surface area contributed by atoms with Crippen molar-refractivity contribution in [3.63, 3.8) is 0 Å². The van der Waals surface area contributed by atoms with Crippen LogP contribution in [-0.2, 0) is 6.18 Å². The van der Waals surface area contributed by atoms with Crippen molar-refractivity contribution in [2.75, 3.05) is 19.4 Å². The average Bonchev–Trinajstić information content (AvgIpc) is 2.60. The average molecular weight is 265 g/mol. The van der Waals surface area contributed by atoms with Gasteiger partial charge in [-0.05, 0) is 5.92 Å². The Labute approximate surface area is 102 Å². The Morgan fingerprint density at radius 3 is 2.33 bits per heavy atom. The maximum absolute atomic E-state index is 12.7. The predicted molar refractivity (Wildman–Crippen MR) is 58.3 cm³/mol. The highest BCUT2D eigenvalue weighted by atomic mass is 19.4. The number of anilines is 1. The van der Waals surface area contributed by atoms with Gasteiger partial charge in [0.2, 0.25) is 5.76 Å². The van der Waals surface area contributed by atoms with Gasteiger partial charge in [-0.15, -0.1) is 0 Å². The minimum atomic E-state index is -4.63. The normalized spacial score (nSPS) is 11.8. The summed E-state index contributed by atoms with van der Waals surface area (Å²) < 4.78 is 42.3. The number of halogens is 3. The first-order chi connectivity index (χ1) is 8.14. The SMILES string of the molecule is CC(C)c1c(NC(=O)N(C)C)noc1C(F)(F)F. The Balaban J connectivity index is 3.15. The van der Waals surface area contributed by atoms with Crippen LogP contribution < -0.4 is 5.32 Å². The van der Waals surface area contributed by atoms with Crippen molar-refractivity contribution >= 4 is 11.8 Å². The highest BCUT2D eigenvalue weighted by molar-refractivity contribution is 5.88. The van der Waals surface area contributed by atoms with Crippen LogP contribution >= 0.6 is 0 Å². The number of hydrogen-bond acceptors (Lipinski definition) is 3. The summed E-state index contributed by atoms with van der Waals surface area (Å²) in [5.74, 6) is -1.85. The minimum absolute atomic E-state index is 0.155. The van der Waals surface area contributed by atoms with Crippen molar-refractivity contribution in [1.29, 1.82) is 0 Å². The van der Waals surface area contributed by atoms with Gasteiger partial charge in [0.25, 0.3) is 0 Å². The van der Waals surface area contributed by atoms with Gasteiger partial charge in [0.1, 0.15) is 0 Å². The van der Waals surface area contributed by atoms with Gasteiger partial charge in [-0.1, -0.05) is 19.0 Å². The predicted octanol–water partition coefficient (Wildman–Crippen LogP) is 2.91. The van der Waals surface area contributed by atoms with E-state index in [2.05, 4.69) is 15.0 Å². The number of alkyl halides is 3. The Morgan fingerprint density at radius 1 is 1.39 bits per heavy atom. The van der Waals surface area contributed by atoms with E-state index in [4.69, 9.17) is 0 Å². The summed E-state index contributed by atoms with van der Waals surface area (Å²) in [4.78, 5) is 12.6. The summed E-state index contributed by atoms with van der Waals surface area (Å²) in [6.45, 7) is 3.13. The molecule has 5 nitrogen and oxygen atoms in total. The molecule has 0 spiro atoms. The summed E-state index contributed by atoms with van der Waals surface area (Å²) in [5, 5.41) is 5.54. The van der Waals surface area contributed by atoms with Crippen LogP contribution in [0.2, 0.25) is 0 Å². The fourth-order valence-electron chi connectivity index (χ4n) is 1.34. The van der Waals surface area contributed by atoms with Gasteiger partial charge in [-0.25, -0.2) is 4.79 Å². The maximum Gasteiger partial charge on any atom is 0.452 e. The van der Waals surface area contributed by atoms with E-state index in [0.29, 0.717) is 0 Å². The van der Waals surface area contributed by atoms with Crippen LogP contribution in [0, 0.1) is 0 Å². The largest absolute Gasteiger partial charge is 0.452 e. The molecule has 18 heavy (non-hydrogen) atoms. The standard InChI is InChI=1S/C10H14F3N3O2/c1-5(2)6-7(10(11,12)13)18-15-8(6)14-9(17)16(3)4/h5H,1-4H3,(H,14,15,17). The molecule has 0 saturated carbocycles. The van der Waals surface area contributed by atoms with Gasteiger partial charge in [-0.3, -0.25) is 5.32 Å². The molecule has 0 aliphatic heterocycles. The van der Waals surface area contributed by atoms with Crippen LogP contribution in [0.15, 0.2) is 4.52 Å². The molecule has 0 radical (unpaired) electrons. The van der Waals surface area contributed by atoms with Gasteiger partial charge < -0.3 is 9.42 Å². The second kappa shape index (κ2) is 4.87. The van der Waals surface area contributed by atoms with Crippen molar-refractivity contribution < 1.29 is 22.5 Å². The fourth-order valence-corrected chi connectivity index (χ4v) is 1.34. The Kier molecular flexibility index (Phi) is 3.88. The van der Waals surface area contributed by atoms with Crippen molar-refractivity contribution in [2.45, 2.75) is 25.9 Å². The summed E-state index contributed by atoms with van der Waals surface area (Å²) in [6.07, 6.45) is -4.63. The summed E-state index contributed by atoms with van der Waals surface area (Å²) >= 11 is 0. The van der Waals surface area contributed by atoms with E-state index >= 15 is 0 Å². The number of carbonyl (C=O) groups is 1. The molecule has 0 bridgehead atoms. The zero-order valence-electron chi connectivity index (χ0n) is 10.4. The van der Waals surface area contributed by atoms with Crippen LogP contribution in [0.5, 0.6) is 0 Å². The number of nitrogens with one attached hydrogen (secondary N) is 1. The van der Waals surface area contributed by atoms with E-state index in [1.54, 1.807) is 13.8 Å². The quantitative estimate of drug-likeness (QED) is 0.894. The molecular formula is C10H14F3N3O2. The number of hydrogen-bond donors (Lipinski definition) is 1. The smallest absolute Gasteiger partial charge is 0.349 e. The summed E-state index contributed by atoms with van der Waals surface area (Å²) in [7, 11) is 2.93. The highest BCUT2D eigenvalue weighted by Gasteiger charge is 2.41. The topological polar surface area (TPSA) is 58.4 Å². The molecule has 0 aliphatic rings. The monoisotopic (exact) mass is 265 g/mol. The van der Waals surface area contributed by atoms with Crippen LogP contribution in [0.3, 0.4) is 0 Å². The lowest BCUT2D eigenvalue weighted by Gasteiger charge is -2.13. The molecule has 0 fully saturated rings. The van der Waals surface area contributed by atoms with Crippen LogP contribution in [-0.4, -0.2) is 30.2 Å². The van der Waals surface area contributed by atoms with E-state index < -0.39 is 23.9 Å². The second-order valence-electron chi connectivity index (χ2n) is 4.25. The first-order valence-electron chi connectivity index (χ1n) is 5.19. The van der Waals surface area contributed by atoms with E-state index in [0.717, 1.165) is 0 Å². The van der Waals surface area contributed by atoms with Crippen molar-refractivity contribution in [2.24, 2.45) is 0 Å². The van der Waals surface area contributed by atoms with Gasteiger partial charge in [0.15, 0.2) is 5.82 Å². The molecule has 0 aromatic carbocycles. The molecular weight excluding hydrogens is 251 g/mol. The van der Waals surface area contributed by atoms with Gasteiger partial charge in [0.05, 0.1) is 5.56 Å². The molecule has 1 heterocycles. The van der Waals surface area contributed by atoms with Crippen molar-refractivity contribution in [3.8, 4) is 0 Å². The lowest BCUT2D eigenvalue weighted by molar-refractivity contribution is -0.156. The van der Waals surface area contributed by atoms with E-state index in [-0.39, 0.29) is 11.4 Å². The third-order valence-electron chi connectivity index (χ3n) is 2.19.